The first-order chi connectivity index (χ1) is 26.3. The number of para-hydroxylation sites is 1. The third-order valence-corrected chi connectivity index (χ3v) is 10.6. The molecule has 7 rings (SSSR count). The number of hydrogen-bond donors (Lipinski definition) is 3. The van der Waals surface area contributed by atoms with Crippen molar-refractivity contribution in [1.29, 1.82) is 0 Å². The molecule has 0 saturated heterocycles. The van der Waals surface area contributed by atoms with Crippen LogP contribution in [0.3, 0.4) is 0 Å². The van der Waals surface area contributed by atoms with E-state index in [2.05, 4.69) is 45.6 Å². The number of rotatable bonds is 11. The van der Waals surface area contributed by atoms with E-state index in [4.69, 9.17) is 23.2 Å². The first-order valence-corrected chi connectivity index (χ1v) is 18.9. The number of nitrogens with zero attached hydrogens (tertiary/aromatic N) is 1. The Labute approximate surface area is 327 Å². The minimum atomic E-state index is -0.613. The lowest BCUT2D eigenvalue weighted by molar-refractivity contribution is -0.116. The van der Waals surface area contributed by atoms with Gasteiger partial charge in [-0.25, -0.2) is 0 Å². The van der Waals surface area contributed by atoms with Gasteiger partial charge in [0, 0.05) is 60.2 Å². The van der Waals surface area contributed by atoms with Crippen molar-refractivity contribution in [2.24, 2.45) is 0 Å². The van der Waals surface area contributed by atoms with Crippen molar-refractivity contribution >= 4 is 91.9 Å². The largest absolute Gasteiger partial charge is 0.341 e. The maximum Gasteiger partial charge on any atom is 0.272 e. The average molecular weight is 770 g/mol. The third kappa shape index (κ3) is 8.21. The number of carbonyl (C=O) groups is 3. The van der Waals surface area contributed by atoms with E-state index in [0.29, 0.717) is 32.5 Å². The van der Waals surface area contributed by atoms with E-state index in [1.54, 1.807) is 66.7 Å². The Morgan fingerprint density at radius 3 is 2.17 bits per heavy atom. The zero-order valence-corrected chi connectivity index (χ0v) is 31.4. The number of thioether (sulfide) groups is 1. The van der Waals surface area contributed by atoms with E-state index >= 15 is 0 Å². The molecule has 54 heavy (non-hydrogen) atoms. The number of carbonyl (C=O) groups excluding carboxylic acids is 3. The van der Waals surface area contributed by atoms with E-state index in [9.17, 15) is 14.4 Å². The lowest BCUT2D eigenvalue weighted by Gasteiger charge is -2.18. The van der Waals surface area contributed by atoms with Crippen LogP contribution in [0.4, 0.5) is 11.4 Å². The fraction of sp³-hybridized carbons (Fsp3) is 0.0682. The number of nitrogens with one attached hydrogen (secondary N) is 3. The number of aromatic nitrogens is 1. The summed E-state index contributed by atoms with van der Waals surface area (Å²) in [5.41, 5.74) is 5.12. The second kappa shape index (κ2) is 16.5. The van der Waals surface area contributed by atoms with Gasteiger partial charge in [0.15, 0.2) is 0 Å². The van der Waals surface area contributed by atoms with Gasteiger partial charge in [-0.1, -0.05) is 102 Å². The van der Waals surface area contributed by atoms with Gasteiger partial charge in [-0.15, -0.1) is 11.8 Å². The average Bonchev–Trinajstić information content (AvgIpc) is 3.51. The Morgan fingerprint density at radius 2 is 1.41 bits per heavy atom. The molecule has 0 fully saturated rings. The number of hydrogen-bond acceptors (Lipinski definition) is 4. The third-order valence-electron chi connectivity index (χ3n) is 8.83. The first kappa shape index (κ1) is 36.6. The van der Waals surface area contributed by atoms with Crippen molar-refractivity contribution in [2.45, 2.75) is 23.6 Å². The lowest BCUT2D eigenvalue weighted by atomic mass is 10.1. The summed E-state index contributed by atoms with van der Waals surface area (Å²) in [5.74, 6) is -1.21. The highest BCUT2D eigenvalue weighted by Gasteiger charge is 2.23. The zero-order chi connectivity index (χ0) is 37.6. The van der Waals surface area contributed by atoms with Crippen LogP contribution in [0.15, 0.2) is 156 Å². The summed E-state index contributed by atoms with van der Waals surface area (Å²) in [7, 11) is 0. The topological polar surface area (TPSA) is 92.2 Å². The van der Waals surface area contributed by atoms with E-state index in [-0.39, 0.29) is 11.6 Å². The molecule has 10 heteroatoms. The molecule has 3 N–H and O–H groups in total. The summed E-state index contributed by atoms with van der Waals surface area (Å²) in [6, 6.07) is 44.6. The minimum absolute atomic E-state index is 0.0216. The number of fused-ring (bicyclic) bond motifs is 3. The Bertz CT molecular complexity index is 2540. The smallest absolute Gasteiger partial charge is 0.272 e. The number of aryl methyl sites for hydroxylation is 1. The molecule has 268 valence electrons. The Hall–Kier alpha value is -5.80. The number of benzene rings is 6. The molecule has 0 radical (unpaired) electrons. The molecule has 1 atom stereocenters. The molecule has 0 aliphatic heterocycles. The number of amides is 3. The van der Waals surface area contributed by atoms with Gasteiger partial charge >= 0.3 is 0 Å². The van der Waals surface area contributed by atoms with Crippen LogP contribution < -0.4 is 16.0 Å². The second-order valence-corrected chi connectivity index (χ2v) is 14.4. The fourth-order valence-corrected chi connectivity index (χ4v) is 7.83. The van der Waals surface area contributed by atoms with Gasteiger partial charge in [0.25, 0.3) is 11.8 Å². The molecule has 0 saturated carbocycles. The van der Waals surface area contributed by atoms with E-state index in [0.717, 1.165) is 38.8 Å². The van der Waals surface area contributed by atoms with Gasteiger partial charge in [-0.3, -0.25) is 14.4 Å². The van der Waals surface area contributed by atoms with Crippen molar-refractivity contribution in [1.82, 2.24) is 9.88 Å². The summed E-state index contributed by atoms with van der Waals surface area (Å²) >= 11 is 13.9. The van der Waals surface area contributed by atoms with E-state index in [1.165, 1.54) is 17.8 Å². The molecule has 0 bridgehead atoms. The van der Waals surface area contributed by atoms with Crippen LogP contribution in [0.5, 0.6) is 0 Å². The maximum atomic E-state index is 14.1. The van der Waals surface area contributed by atoms with Crippen molar-refractivity contribution < 1.29 is 14.4 Å². The highest BCUT2D eigenvalue weighted by atomic mass is 35.5. The molecule has 7 aromatic rings. The van der Waals surface area contributed by atoms with Crippen LogP contribution in [0.1, 0.15) is 33.7 Å². The van der Waals surface area contributed by atoms with Crippen molar-refractivity contribution in [3.05, 3.63) is 178 Å². The molecule has 1 aromatic heterocycles. The molecule has 6 aromatic carbocycles. The minimum Gasteiger partial charge on any atom is -0.341 e. The van der Waals surface area contributed by atoms with Crippen LogP contribution in [-0.4, -0.2) is 22.3 Å². The van der Waals surface area contributed by atoms with Gasteiger partial charge in [-0.05, 0) is 90.9 Å². The highest BCUT2D eigenvalue weighted by molar-refractivity contribution is 8.00. The number of halogens is 2. The van der Waals surface area contributed by atoms with Gasteiger partial charge in [0.2, 0.25) is 5.91 Å². The van der Waals surface area contributed by atoms with Crippen LogP contribution in [-0.2, 0) is 16.1 Å². The molecule has 0 aliphatic carbocycles. The Balaban J connectivity index is 1.14. The van der Waals surface area contributed by atoms with E-state index in [1.807, 2.05) is 60.7 Å². The Kier molecular flexibility index (Phi) is 11.2. The highest BCUT2D eigenvalue weighted by Crippen LogP contribution is 2.38. The Morgan fingerprint density at radius 1 is 0.704 bits per heavy atom. The van der Waals surface area contributed by atoms with E-state index < -0.39 is 17.1 Å². The zero-order valence-electron chi connectivity index (χ0n) is 29.1. The summed E-state index contributed by atoms with van der Waals surface area (Å²) in [4.78, 5) is 41.8. The van der Waals surface area contributed by atoms with Crippen molar-refractivity contribution in [2.75, 3.05) is 10.6 Å². The molecule has 0 aliphatic rings. The SMILES string of the molecule is CCn1c2ccccc2c2cc(NC(=O)C(Sc3cccc(NC(=O)/C(=C\c4ccc(Cl)cc4Cl)NC(=O)c4ccccc4)c3)c3ccccc3)ccc21. The van der Waals surface area contributed by atoms with Gasteiger partial charge < -0.3 is 20.5 Å². The summed E-state index contributed by atoms with van der Waals surface area (Å²) in [6.45, 7) is 2.96. The molecule has 1 unspecified atom stereocenters. The van der Waals surface area contributed by atoms with Crippen LogP contribution in [0.2, 0.25) is 10.0 Å². The van der Waals surface area contributed by atoms with Gasteiger partial charge in [-0.2, -0.15) is 0 Å². The first-order valence-electron chi connectivity index (χ1n) is 17.3. The van der Waals surface area contributed by atoms with Gasteiger partial charge in [0.1, 0.15) is 10.9 Å². The van der Waals surface area contributed by atoms with Crippen LogP contribution in [0.25, 0.3) is 27.9 Å². The number of anilines is 2. The second-order valence-electron chi connectivity index (χ2n) is 12.4. The van der Waals surface area contributed by atoms with Gasteiger partial charge in [0.05, 0.1) is 0 Å². The lowest BCUT2D eigenvalue weighted by Crippen LogP contribution is -2.30. The predicted molar refractivity (Wildman–Crippen MR) is 222 cm³/mol. The molecule has 3 amide bonds. The predicted octanol–water partition coefficient (Wildman–Crippen LogP) is 11.0. The summed E-state index contributed by atoms with van der Waals surface area (Å²) in [5, 5.41) is 11.2. The fourth-order valence-electron chi connectivity index (χ4n) is 6.28. The molecular formula is C44H34Cl2N4O3S. The molecular weight excluding hydrogens is 735 g/mol. The molecule has 1 heterocycles. The standard InChI is InChI=1S/C44H34Cl2N4O3S/c1-2-50-39-19-10-9-18-35(39)36-27-33(22-23-40(36)50)48-44(53)41(28-12-5-3-6-13-28)54-34-17-11-16-32(26-34)47-43(52)38(24-30-20-21-31(45)25-37(30)46)49-42(51)29-14-7-4-8-15-29/h3-27,41H,2H2,1H3,(H,47,52)(H,48,53)(H,49,51)/b38-24+. The van der Waals surface area contributed by atoms with Crippen molar-refractivity contribution in [3.63, 3.8) is 0 Å². The maximum absolute atomic E-state index is 14.1. The normalized spacial score (nSPS) is 12.0. The van der Waals surface area contributed by atoms with Crippen molar-refractivity contribution in [3.8, 4) is 0 Å². The van der Waals surface area contributed by atoms with Crippen LogP contribution in [0, 0.1) is 0 Å². The van der Waals surface area contributed by atoms with Crippen LogP contribution >= 0.6 is 35.0 Å². The molecule has 0 spiro atoms. The molecule has 7 nitrogen and oxygen atoms in total. The quantitative estimate of drug-likeness (QED) is 0.0902. The monoisotopic (exact) mass is 768 g/mol. The summed E-state index contributed by atoms with van der Waals surface area (Å²) < 4.78 is 2.27. The summed E-state index contributed by atoms with van der Waals surface area (Å²) in [6.07, 6.45) is 1.50.